The van der Waals surface area contributed by atoms with Crippen LogP contribution in [0.15, 0.2) is 48.6 Å². The molecule has 0 aliphatic heterocycles. The van der Waals surface area contributed by atoms with Crippen LogP contribution in [0, 0.1) is 0 Å². The number of rotatable bonds is 43. The van der Waals surface area contributed by atoms with E-state index in [0.29, 0.717) is 19.4 Å². The predicted octanol–water partition coefficient (Wildman–Crippen LogP) is 13.9. The Labute approximate surface area is 346 Å². The zero-order chi connectivity index (χ0) is 40.8. The number of amides is 1. The van der Waals surface area contributed by atoms with Crippen LogP contribution in [0.4, 0.5) is 0 Å². The standard InChI is InChI=1S/C50H91NO5/c1-3-5-7-9-11-13-15-20-24-28-32-36-40-44-50(55)56-45-41-37-33-29-25-22-19-17-16-18-21-23-27-31-35-39-43-49(54)51-47(46-52)48(53)42-38-34-30-26-14-12-10-8-6-4-2/h7,9,13,15-16,18,38,42,47-48,52-53H,3-6,8,10-12,14,17,19-37,39-41,43-46H2,1-2H3,(H,51,54)/b9-7-,15-13-,18-16-,42-38+. The fourth-order valence-electron chi connectivity index (χ4n) is 6.84. The van der Waals surface area contributed by atoms with E-state index in [4.69, 9.17) is 4.74 Å². The molecule has 0 spiro atoms. The maximum Gasteiger partial charge on any atom is 0.305 e. The minimum atomic E-state index is -0.854. The van der Waals surface area contributed by atoms with Gasteiger partial charge in [-0.25, -0.2) is 0 Å². The number of nitrogens with one attached hydrogen (secondary N) is 1. The number of hydrogen-bond acceptors (Lipinski definition) is 5. The lowest BCUT2D eigenvalue weighted by Crippen LogP contribution is -2.45. The molecule has 0 aromatic rings. The first kappa shape index (κ1) is 53.8. The molecule has 3 N–H and O–H groups in total. The van der Waals surface area contributed by atoms with Crippen molar-refractivity contribution in [2.75, 3.05) is 13.2 Å². The molecular weight excluding hydrogens is 695 g/mol. The summed E-state index contributed by atoms with van der Waals surface area (Å²) >= 11 is 0. The molecule has 2 atom stereocenters. The van der Waals surface area contributed by atoms with E-state index in [-0.39, 0.29) is 18.5 Å². The zero-order valence-electron chi connectivity index (χ0n) is 36.8. The fraction of sp³-hybridized carbons (Fsp3) is 0.800. The summed E-state index contributed by atoms with van der Waals surface area (Å²) in [7, 11) is 0. The summed E-state index contributed by atoms with van der Waals surface area (Å²) in [6.45, 7) is 4.77. The largest absolute Gasteiger partial charge is 0.466 e. The molecule has 1 amide bonds. The van der Waals surface area contributed by atoms with E-state index in [9.17, 15) is 19.8 Å². The number of carbonyl (C=O) groups is 2. The molecule has 0 radical (unpaired) electrons. The molecule has 326 valence electrons. The molecule has 0 rings (SSSR count). The van der Waals surface area contributed by atoms with Crippen LogP contribution < -0.4 is 5.32 Å². The highest BCUT2D eigenvalue weighted by Crippen LogP contribution is 2.13. The number of unbranched alkanes of at least 4 members (excludes halogenated alkanes) is 26. The first-order valence-electron chi connectivity index (χ1n) is 23.9. The average Bonchev–Trinajstić information content (AvgIpc) is 3.20. The number of aliphatic hydroxyl groups excluding tert-OH is 2. The molecule has 56 heavy (non-hydrogen) atoms. The summed E-state index contributed by atoms with van der Waals surface area (Å²) in [4.78, 5) is 24.3. The molecule has 6 nitrogen and oxygen atoms in total. The van der Waals surface area contributed by atoms with Gasteiger partial charge in [0.15, 0.2) is 0 Å². The average molecular weight is 786 g/mol. The quantitative estimate of drug-likeness (QED) is 0.0325. The van der Waals surface area contributed by atoms with E-state index in [0.717, 1.165) is 83.5 Å². The summed E-state index contributed by atoms with van der Waals surface area (Å²) in [5.41, 5.74) is 0. The minimum Gasteiger partial charge on any atom is -0.466 e. The van der Waals surface area contributed by atoms with E-state index >= 15 is 0 Å². The molecule has 6 heteroatoms. The van der Waals surface area contributed by atoms with Crippen LogP contribution in [0.5, 0.6) is 0 Å². The molecule has 0 heterocycles. The first-order chi connectivity index (χ1) is 27.5. The maximum absolute atomic E-state index is 12.4. The lowest BCUT2D eigenvalue weighted by atomic mass is 10.1. The van der Waals surface area contributed by atoms with E-state index < -0.39 is 12.1 Å². The van der Waals surface area contributed by atoms with Crippen LogP contribution in [0.25, 0.3) is 0 Å². The molecule has 0 aromatic carbocycles. The van der Waals surface area contributed by atoms with Crippen molar-refractivity contribution in [1.29, 1.82) is 0 Å². The van der Waals surface area contributed by atoms with Gasteiger partial charge >= 0.3 is 5.97 Å². The fourth-order valence-corrected chi connectivity index (χ4v) is 6.84. The van der Waals surface area contributed by atoms with E-state index in [1.807, 2.05) is 6.08 Å². The Morgan fingerprint density at radius 1 is 0.500 bits per heavy atom. The smallest absolute Gasteiger partial charge is 0.305 e. The SMILES string of the molecule is CCC/C=C\C/C=C\CCCCCCCC(=O)OCCCCCCCCC/C=C\CCCCCCCC(=O)NC(CO)C(O)/C=C/CCCCCCCCCC. The van der Waals surface area contributed by atoms with E-state index in [1.54, 1.807) is 6.08 Å². The van der Waals surface area contributed by atoms with Gasteiger partial charge in [0, 0.05) is 12.8 Å². The van der Waals surface area contributed by atoms with Crippen molar-refractivity contribution in [2.45, 2.75) is 244 Å². The van der Waals surface area contributed by atoms with E-state index in [2.05, 4.69) is 55.6 Å². The van der Waals surface area contributed by atoms with Crippen molar-refractivity contribution in [2.24, 2.45) is 0 Å². The van der Waals surface area contributed by atoms with Crippen molar-refractivity contribution in [3.8, 4) is 0 Å². The number of carbonyl (C=O) groups excluding carboxylic acids is 2. The van der Waals surface area contributed by atoms with Gasteiger partial charge < -0.3 is 20.3 Å². The first-order valence-corrected chi connectivity index (χ1v) is 23.9. The number of allylic oxidation sites excluding steroid dienone is 7. The van der Waals surface area contributed by atoms with Crippen molar-refractivity contribution >= 4 is 11.9 Å². The van der Waals surface area contributed by atoms with Crippen LogP contribution in [-0.4, -0.2) is 47.4 Å². The lowest BCUT2D eigenvalue weighted by molar-refractivity contribution is -0.143. The lowest BCUT2D eigenvalue weighted by Gasteiger charge is -2.20. The molecular formula is C50H91NO5. The van der Waals surface area contributed by atoms with Crippen LogP contribution in [-0.2, 0) is 14.3 Å². The second-order valence-electron chi connectivity index (χ2n) is 16.1. The Hall–Kier alpha value is -2.18. The van der Waals surface area contributed by atoms with Gasteiger partial charge in [-0.2, -0.15) is 0 Å². The third kappa shape index (κ3) is 41.5. The van der Waals surface area contributed by atoms with Gasteiger partial charge in [0.25, 0.3) is 0 Å². The molecule has 0 aliphatic carbocycles. The highest BCUT2D eigenvalue weighted by atomic mass is 16.5. The van der Waals surface area contributed by atoms with Gasteiger partial charge in [0.05, 0.1) is 25.4 Å². The predicted molar refractivity (Wildman–Crippen MR) is 241 cm³/mol. The molecule has 0 bridgehead atoms. The number of ether oxygens (including phenoxy) is 1. The van der Waals surface area contributed by atoms with Gasteiger partial charge in [-0.05, 0) is 83.5 Å². The monoisotopic (exact) mass is 786 g/mol. The summed E-state index contributed by atoms with van der Waals surface area (Å²) in [6, 6.07) is -0.639. The van der Waals surface area contributed by atoms with Gasteiger partial charge in [-0.3, -0.25) is 9.59 Å². The Morgan fingerprint density at radius 3 is 1.45 bits per heavy atom. The molecule has 0 saturated heterocycles. The van der Waals surface area contributed by atoms with Gasteiger partial charge in [-0.15, -0.1) is 0 Å². The molecule has 0 aliphatic rings. The summed E-state index contributed by atoms with van der Waals surface area (Å²) in [6.07, 6.45) is 55.3. The topological polar surface area (TPSA) is 95.9 Å². The van der Waals surface area contributed by atoms with Crippen LogP contribution in [0.1, 0.15) is 232 Å². The Morgan fingerprint density at radius 2 is 0.929 bits per heavy atom. The van der Waals surface area contributed by atoms with Gasteiger partial charge in [0.2, 0.25) is 5.91 Å². The second kappa shape index (κ2) is 45.5. The Kier molecular flexibility index (Phi) is 43.7. The van der Waals surface area contributed by atoms with Gasteiger partial charge in [-0.1, -0.05) is 184 Å². The van der Waals surface area contributed by atoms with E-state index in [1.165, 1.54) is 122 Å². The van der Waals surface area contributed by atoms with Crippen LogP contribution in [0.2, 0.25) is 0 Å². The van der Waals surface area contributed by atoms with Crippen molar-refractivity contribution in [1.82, 2.24) is 5.32 Å². The molecule has 0 fully saturated rings. The third-order valence-electron chi connectivity index (χ3n) is 10.5. The van der Waals surface area contributed by atoms with Crippen LogP contribution in [0.3, 0.4) is 0 Å². The summed E-state index contributed by atoms with van der Waals surface area (Å²) in [5.74, 6) is -0.110. The molecule has 0 saturated carbocycles. The number of esters is 1. The minimum absolute atomic E-state index is 0.0207. The summed E-state index contributed by atoms with van der Waals surface area (Å²) < 4.78 is 5.44. The Balaban J connectivity index is 3.51. The summed E-state index contributed by atoms with van der Waals surface area (Å²) in [5, 5.41) is 22.9. The highest BCUT2D eigenvalue weighted by Gasteiger charge is 2.18. The highest BCUT2D eigenvalue weighted by molar-refractivity contribution is 5.76. The van der Waals surface area contributed by atoms with Gasteiger partial charge in [0.1, 0.15) is 0 Å². The van der Waals surface area contributed by atoms with Crippen LogP contribution >= 0.6 is 0 Å². The maximum atomic E-state index is 12.4. The zero-order valence-corrected chi connectivity index (χ0v) is 36.8. The number of hydrogen-bond donors (Lipinski definition) is 3. The second-order valence-corrected chi connectivity index (χ2v) is 16.1. The van der Waals surface area contributed by atoms with Crippen molar-refractivity contribution in [3.63, 3.8) is 0 Å². The molecule has 2 unspecified atom stereocenters. The molecule has 0 aromatic heterocycles. The Bertz CT molecular complexity index is 957. The number of aliphatic hydroxyl groups is 2. The third-order valence-corrected chi connectivity index (χ3v) is 10.5. The normalized spacial score (nSPS) is 13.1. The van der Waals surface area contributed by atoms with Crippen molar-refractivity contribution < 1.29 is 24.5 Å². The van der Waals surface area contributed by atoms with Crippen molar-refractivity contribution in [3.05, 3.63) is 48.6 Å².